The van der Waals surface area contributed by atoms with Crippen molar-refractivity contribution in [1.82, 2.24) is 4.98 Å². The molecule has 0 fully saturated rings. The maximum atomic E-state index is 11.4. The van der Waals surface area contributed by atoms with E-state index in [9.17, 15) is 9.90 Å². The molecule has 0 bridgehead atoms. The van der Waals surface area contributed by atoms with Crippen LogP contribution in [0, 0.1) is 0 Å². The van der Waals surface area contributed by atoms with Crippen molar-refractivity contribution >= 4 is 51.6 Å². The molecule has 36 heavy (non-hydrogen) atoms. The number of fused-ring (bicyclic) bond motifs is 2. The Morgan fingerprint density at radius 1 is 0.917 bits per heavy atom. The molecule has 1 aromatic heterocycles. The smallest absolute Gasteiger partial charge is 0.493 e. The van der Waals surface area contributed by atoms with Gasteiger partial charge in [-0.3, -0.25) is 0 Å². The number of ether oxygens (including phenoxy) is 2. The number of benzene rings is 4. The van der Waals surface area contributed by atoms with Crippen molar-refractivity contribution in [2.45, 2.75) is 12.8 Å². The lowest BCUT2D eigenvalue weighted by molar-refractivity contribution is 0.142. The zero-order valence-electron chi connectivity index (χ0n) is 19.4. The second-order valence-corrected chi connectivity index (χ2v) is 8.82. The maximum absolute atomic E-state index is 11.4. The summed E-state index contributed by atoms with van der Waals surface area (Å²) in [5, 5.41) is 13.1. The van der Waals surface area contributed by atoms with Crippen LogP contribution in [0.2, 0.25) is 5.02 Å². The molecule has 1 heterocycles. The molecule has 0 unspecified atom stereocenters. The molecule has 0 radical (unpaired) electrons. The summed E-state index contributed by atoms with van der Waals surface area (Å²) >= 11 is 6.10. The van der Waals surface area contributed by atoms with E-state index in [0.717, 1.165) is 44.1 Å². The summed E-state index contributed by atoms with van der Waals surface area (Å²) in [6, 6.07) is 27.6. The molecule has 5 aromatic rings. The van der Waals surface area contributed by atoms with Gasteiger partial charge < -0.3 is 19.6 Å². The molecule has 0 amide bonds. The van der Waals surface area contributed by atoms with Crippen LogP contribution in [0.5, 0.6) is 11.6 Å². The minimum atomic E-state index is -1.36. The largest absolute Gasteiger partial charge is 0.512 e. The second-order valence-electron chi connectivity index (χ2n) is 8.39. The summed E-state index contributed by atoms with van der Waals surface area (Å²) in [5.41, 5.74) is 3.52. The number of H-pyrrole nitrogens is 1. The Kier molecular flexibility index (Phi) is 6.92. The van der Waals surface area contributed by atoms with E-state index in [2.05, 4.69) is 17.1 Å². The lowest BCUT2D eigenvalue weighted by atomic mass is 10.0. The van der Waals surface area contributed by atoms with Crippen LogP contribution in [0.15, 0.2) is 84.9 Å². The molecule has 6 heteroatoms. The van der Waals surface area contributed by atoms with Gasteiger partial charge in [-0.2, -0.15) is 0 Å². The number of carboxylic acid groups (broad SMARTS) is 1. The number of nitrogens with one attached hydrogen (secondary N) is 1. The zero-order valence-corrected chi connectivity index (χ0v) is 20.2. The quantitative estimate of drug-likeness (QED) is 0.129. The molecule has 5 rings (SSSR count). The van der Waals surface area contributed by atoms with Gasteiger partial charge >= 0.3 is 6.16 Å². The Balaban J connectivity index is 1.37. The number of hydrogen-bond acceptors (Lipinski definition) is 3. The molecule has 2 N–H and O–H groups in total. The Labute approximate surface area is 213 Å². The fourth-order valence-electron chi connectivity index (χ4n) is 4.38. The molecular weight excluding hydrogens is 474 g/mol. The van der Waals surface area contributed by atoms with Crippen molar-refractivity contribution in [3.05, 3.63) is 107 Å². The lowest BCUT2D eigenvalue weighted by Crippen LogP contribution is -2.06. The van der Waals surface area contributed by atoms with Crippen LogP contribution in [-0.4, -0.2) is 22.9 Å². The monoisotopic (exact) mass is 497 g/mol. The highest BCUT2D eigenvalue weighted by molar-refractivity contribution is 6.30. The van der Waals surface area contributed by atoms with Gasteiger partial charge in [0.15, 0.2) is 0 Å². The predicted molar refractivity (Wildman–Crippen MR) is 145 cm³/mol. The molecule has 5 nitrogen and oxygen atoms in total. The number of para-hydroxylation sites is 1. The number of hydrogen-bond donors (Lipinski definition) is 2. The molecule has 0 saturated heterocycles. The van der Waals surface area contributed by atoms with Gasteiger partial charge in [0, 0.05) is 21.4 Å². The van der Waals surface area contributed by atoms with E-state index < -0.39 is 6.16 Å². The van der Waals surface area contributed by atoms with Crippen molar-refractivity contribution in [2.24, 2.45) is 0 Å². The number of aromatic nitrogens is 1. The van der Waals surface area contributed by atoms with E-state index in [1.54, 1.807) is 0 Å². The minimum absolute atomic E-state index is 0.242. The van der Waals surface area contributed by atoms with E-state index in [-0.39, 0.29) is 5.88 Å². The molecular formula is C30H24ClNO4. The minimum Gasteiger partial charge on any atom is -0.493 e. The van der Waals surface area contributed by atoms with Gasteiger partial charge in [-0.25, -0.2) is 4.79 Å². The van der Waals surface area contributed by atoms with Gasteiger partial charge in [-0.15, -0.1) is 0 Å². The Morgan fingerprint density at radius 2 is 1.69 bits per heavy atom. The first-order valence-electron chi connectivity index (χ1n) is 11.7. The first-order chi connectivity index (χ1) is 17.6. The summed E-state index contributed by atoms with van der Waals surface area (Å²) < 4.78 is 11.2. The van der Waals surface area contributed by atoms with Crippen molar-refractivity contribution in [3.8, 4) is 11.6 Å². The Bertz CT molecular complexity index is 1570. The predicted octanol–water partition coefficient (Wildman–Crippen LogP) is 8.21. The van der Waals surface area contributed by atoms with Crippen molar-refractivity contribution in [2.75, 3.05) is 6.61 Å². The first kappa shape index (κ1) is 23.5. The van der Waals surface area contributed by atoms with Gasteiger partial charge in [-0.05, 0) is 47.6 Å². The molecule has 0 aliphatic heterocycles. The van der Waals surface area contributed by atoms with Gasteiger partial charge in [0.1, 0.15) is 5.75 Å². The fraction of sp³-hybridized carbons (Fsp3) is 0.100. The summed E-state index contributed by atoms with van der Waals surface area (Å²) in [5.74, 6) is 1.08. The highest BCUT2D eigenvalue weighted by atomic mass is 35.5. The first-order valence-corrected chi connectivity index (χ1v) is 12.0. The standard InChI is InChI=1S/C30H24ClNO4/c31-23-11-3-7-20(19-23)16-17-22-10-4-13-25-26(29(32-28(22)25)36-30(33)34)14-6-18-35-27-15-5-9-21-8-1-2-12-24(21)27/h1-5,7-13,15-17,19,32H,6,14,18H2,(H,33,34)/b17-16+. The van der Waals surface area contributed by atoms with E-state index in [1.165, 1.54) is 0 Å². The molecule has 180 valence electrons. The molecule has 0 spiro atoms. The van der Waals surface area contributed by atoms with Crippen LogP contribution in [0.3, 0.4) is 0 Å². The maximum Gasteiger partial charge on any atom is 0.512 e. The average molecular weight is 498 g/mol. The molecule has 0 aliphatic carbocycles. The second kappa shape index (κ2) is 10.6. The van der Waals surface area contributed by atoms with Crippen molar-refractivity contribution in [3.63, 3.8) is 0 Å². The summed E-state index contributed by atoms with van der Waals surface area (Å²) in [7, 11) is 0. The molecule has 4 aromatic carbocycles. The number of aromatic amines is 1. The van der Waals surface area contributed by atoms with E-state index in [0.29, 0.717) is 24.5 Å². The van der Waals surface area contributed by atoms with E-state index in [1.807, 2.05) is 84.9 Å². The van der Waals surface area contributed by atoms with Gasteiger partial charge in [-0.1, -0.05) is 90.5 Å². The molecule has 0 atom stereocenters. The van der Waals surface area contributed by atoms with E-state index >= 15 is 0 Å². The number of carbonyl (C=O) groups is 1. The topological polar surface area (TPSA) is 71.5 Å². The van der Waals surface area contributed by atoms with Crippen LogP contribution in [0.25, 0.3) is 33.8 Å². The highest BCUT2D eigenvalue weighted by Gasteiger charge is 2.17. The fourth-order valence-corrected chi connectivity index (χ4v) is 4.58. The third-order valence-corrected chi connectivity index (χ3v) is 6.24. The number of halogens is 1. The third-order valence-electron chi connectivity index (χ3n) is 6.01. The lowest BCUT2D eigenvalue weighted by Gasteiger charge is -2.09. The van der Waals surface area contributed by atoms with Crippen molar-refractivity contribution in [1.29, 1.82) is 0 Å². The highest BCUT2D eigenvalue weighted by Crippen LogP contribution is 2.33. The Morgan fingerprint density at radius 3 is 2.56 bits per heavy atom. The number of rotatable bonds is 8. The van der Waals surface area contributed by atoms with Crippen LogP contribution in [0.1, 0.15) is 23.1 Å². The third kappa shape index (κ3) is 5.21. The van der Waals surface area contributed by atoms with E-state index in [4.69, 9.17) is 21.1 Å². The van der Waals surface area contributed by atoms with Crippen LogP contribution in [-0.2, 0) is 6.42 Å². The normalized spacial score (nSPS) is 11.4. The van der Waals surface area contributed by atoms with Crippen LogP contribution in [0.4, 0.5) is 4.79 Å². The zero-order chi connectivity index (χ0) is 24.9. The Hall–Kier alpha value is -4.22. The molecule has 0 saturated carbocycles. The van der Waals surface area contributed by atoms with Gasteiger partial charge in [0.25, 0.3) is 0 Å². The molecule has 0 aliphatic rings. The van der Waals surface area contributed by atoms with Gasteiger partial charge in [0.05, 0.1) is 12.1 Å². The number of aryl methyl sites for hydroxylation is 1. The summed E-state index contributed by atoms with van der Waals surface area (Å²) in [6.45, 7) is 0.488. The van der Waals surface area contributed by atoms with Crippen LogP contribution >= 0.6 is 11.6 Å². The summed E-state index contributed by atoms with van der Waals surface area (Å²) in [4.78, 5) is 14.5. The SMILES string of the molecule is O=C(O)Oc1[nH]c2c(/C=C/c3cccc(Cl)c3)cccc2c1CCCOc1cccc2ccccc12. The van der Waals surface area contributed by atoms with Crippen molar-refractivity contribution < 1.29 is 19.4 Å². The van der Waals surface area contributed by atoms with Gasteiger partial charge in [0.2, 0.25) is 5.88 Å². The van der Waals surface area contributed by atoms with Crippen LogP contribution < -0.4 is 9.47 Å². The summed E-state index contributed by atoms with van der Waals surface area (Å²) in [6.07, 6.45) is 3.87. The average Bonchev–Trinajstić information content (AvgIpc) is 3.22.